The molecule has 0 saturated carbocycles. The summed E-state index contributed by atoms with van der Waals surface area (Å²) in [5.41, 5.74) is 4.64. The molecule has 1 amide bonds. The third-order valence-corrected chi connectivity index (χ3v) is 7.13. The van der Waals surface area contributed by atoms with Gasteiger partial charge < -0.3 is 9.80 Å². The van der Waals surface area contributed by atoms with Crippen molar-refractivity contribution in [3.63, 3.8) is 0 Å². The molecule has 0 aromatic heterocycles. The van der Waals surface area contributed by atoms with Crippen molar-refractivity contribution in [3.05, 3.63) is 59.2 Å². The molecule has 0 bridgehead atoms. The fourth-order valence-electron chi connectivity index (χ4n) is 4.45. The van der Waals surface area contributed by atoms with E-state index in [1.807, 2.05) is 17.8 Å². The van der Waals surface area contributed by atoms with Gasteiger partial charge in [0.25, 0.3) is 5.91 Å². The summed E-state index contributed by atoms with van der Waals surface area (Å²) in [5, 5.41) is 0. The number of piperidine rings is 1. The van der Waals surface area contributed by atoms with E-state index in [0.717, 1.165) is 37.2 Å². The average molecular weight is 395 g/mol. The number of thioether (sulfide) groups is 1. The van der Waals surface area contributed by atoms with Crippen molar-refractivity contribution >= 4 is 23.4 Å². The van der Waals surface area contributed by atoms with E-state index >= 15 is 0 Å². The third kappa shape index (κ3) is 3.93. The number of fused-ring (bicyclic) bond motifs is 1. The highest BCUT2D eigenvalue weighted by Gasteiger charge is 2.30. The van der Waals surface area contributed by atoms with Crippen molar-refractivity contribution in [2.45, 2.75) is 63.6 Å². The fraction of sp³-hybridized carbons (Fsp3) is 0.458. The second-order valence-electron chi connectivity index (χ2n) is 8.28. The number of likely N-dealkylation sites (tertiary alicyclic amines) is 1. The zero-order valence-corrected chi connectivity index (χ0v) is 18.0. The highest BCUT2D eigenvalue weighted by Crippen LogP contribution is 2.37. The second kappa shape index (κ2) is 8.20. The first-order chi connectivity index (χ1) is 13.5. The lowest BCUT2D eigenvalue weighted by molar-refractivity contribution is 0.0510. The Morgan fingerprint density at radius 3 is 2.50 bits per heavy atom. The van der Waals surface area contributed by atoms with Crippen LogP contribution in [0.5, 0.6) is 0 Å². The topological polar surface area (TPSA) is 23.6 Å². The van der Waals surface area contributed by atoms with Gasteiger partial charge in [0.2, 0.25) is 0 Å². The van der Waals surface area contributed by atoms with Crippen LogP contribution in [-0.4, -0.2) is 35.2 Å². The predicted molar refractivity (Wildman–Crippen MR) is 118 cm³/mol. The third-order valence-electron chi connectivity index (χ3n) is 6.09. The Bertz CT molecular complexity index is 838. The molecule has 2 aromatic carbocycles. The minimum absolute atomic E-state index is 0.188. The van der Waals surface area contributed by atoms with E-state index < -0.39 is 0 Å². The Balaban J connectivity index is 1.60. The van der Waals surface area contributed by atoms with E-state index in [2.05, 4.69) is 67.0 Å². The largest absolute Gasteiger partial charge is 0.365 e. The van der Waals surface area contributed by atoms with Crippen LogP contribution in [-0.2, 0) is 6.54 Å². The first-order valence-electron chi connectivity index (χ1n) is 10.4. The number of hydrogen-bond acceptors (Lipinski definition) is 3. The Morgan fingerprint density at radius 1 is 1.07 bits per heavy atom. The number of benzene rings is 2. The van der Waals surface area contributed by atoms with Gasteiger partial charge in [0, 0.05) is 41.4 Å². The molecule has 1 saturated heterocycles. The van der Waals surface area contributed by atoms with Gasteiger partial charge in [-0.25, -0.2) is 0 Å². The summed E-state index contributed by atoms with van der Waals surface area (Å²) in [6, 6.07) is 15.7. The lowest BCUT2D eigenvalue weighted by Crippen LogP contribution is -2.47. The van der Waals surface area contributed by atoms with Crippen LogP contribution in [0.3, 0.4) is 0 Å². The molecule has 3 nitrogen and oxygen atoms in total. The molecule has 2 atom stereocenters. The van der Waals surface area contributed by atoms with Gasteiger partial charge in [0.05, 0.1) is 5.69 Å². The van der Waals surface area contributed by atoms with Gasteiger partial charge in [-0.1, -0.05) is 29.8 Å². The van der Waals surface area contributed by atoms with Crippen LogP contribution in [0.15, 0.2) is 47.4 Å². The molecule has 0 N–H and O–H groups in total. The lowest BCUT2D eigenvalue weighted by Gasteiger charge is -2.39. The summed E-state index contributed by atoms with van der Waals surface area (Å²) >= 11 is 1.90. The molecule has 2 aliphatic heterocycles. The molecule has 0 aliphatic carbocycles. The summed E-state index contributed by atoms with van der Waals surface area (Å²) in [5.74, 6) is 1.28. The number of hydrogen-bond donors (Lipinski definition) is 0. The van der Waals surface area contributed by atoms with E-state index in [1.165, 1.54) is 28.1 Å². The van der Waals surface area contributed by atoms with Gasteiger partial charge in [-0.3, -0.25) is 4.79 Å². The van der Waals surface area contributed by atoms with Crippen molar-refractivity contribution in [2.24, 2.45) is 0 Å². The smallest absolute Gasteiger partial charge is 0.254 e. The minimum Gasteiger partial charge on any atom is -0.365 e. The molecule has 28 heavy (non-hydrogen) atoms. The van der Waals surface area contributed by atoms with Gasteiger partial charge in [-0.05, 0) is 63.8 Å². The highest BCUT2D eigenvalue weighted by atomic mass is 32.2. The van der Waals surface area contributed by atoms with Crippen molar-refractivity contribution in [3.8, 4) is 0 Å². The maximum Gasteiger partial charge on any atom is 0.254 e. The standard InChI is InChI=1S/C24H30N2OS/c1-17-7-9-20(10-8-17)16-25-13-14-28-23-12-11-21(15-22(23)25)24(27)26-18(2)5-4-6-19(26)3/h7-12,15,18-19H,4-6,13-14,16H2,1-3H3/t18-,19+. The van der Waals surface area contributed by atoms with E-state index in [9.17, 15) is 4.79 Å². The molecule has 4 rings (SSSR count). The van der Waals surface area contributed by atoms with Crippen molar-refractivity contribution in [1.29, 1.82) is 0 Å². The van der Waals surface area contributed by atoms with E-state index in [4.69, 9.17) is 0 Å². The van der Waals surface area contributed by atoms with Crippen molar-refractivity contribution < 1.29 is 4.79 Å². The first-order valence-corrected chi connectivity index (χ1v) is 11.4. The summed E-state index contributed by atoms with van der Waals surface area (Å²) in [7, 11) is 0. The molecule has 0 radical (unpaired) electrons. The van der Waals surface area contributed by atoms with E-state index in [1.54, 1.807) is 0 Å². The Hall–Kier alpha value is -1.94. The number of amides is 1. The predicted octanol–water partition coefficient (Wildman–Crippen LogP) is 5.51. The molecular formula is C24H30N2OS. The molecule has 0 spiro atoms. The minimum atomic E-state index is 0.188. The highest BCUT2D eigenvalue weighted by molar-refractivity contribution is 7.99. The number of carbonyl (C=O) groups is 1. The van der Waals surface area contributed by atoms with Gasteiger partial charge in [0.15, 0.2) is 0 Å². The monoisotopic (exact) mass is 394 g/mol. The Morgan fingerprint density at radius 2 is 1.79 bits per heavy atom. The molecule has 2 aromatic rings. The van der Waals surface area contributed by atoms with Crippen LogP contribution in [0.2, 0.25) is 0 Å². The zero-order valence-electron chi connectivity index (χ0n) is 17.1. The Labute approximate surface area is 173 Å². The van der Waals surface area contributed by atoms with Gasteiger partial charge >= 0.3 is 0 Å². The van der Waals surface area contributed by atoms with Crippen LogP contribution in [0.4, 0.5) is 5.69 Å². The quantitative estimate of drug-likeness (QED) is 0.686. The molecule has 2 heterocycles. The average Bonchev–Trinajstić information content (AvgIpc) is 2.69. The summed E-state index contributed by atoms with van der Waals surface area (Å²) < 4.78 is 0. The van der Waals surface area contributed by atoms with Crippen LogP contribution in [0.25, 0.3) is 0 Å². The second-order valence-corrected chi connectivity index (χ2v) is 9.42. The van der Waals surface area contributed by atoms with Crippen LogP contribution in [0.1, 0.15) is 54.6 Å². The molecule has 1 fully saturated rings. The zero-order chi connectivity index (χ0) is 19.7. The molecule has 0 unspecified atom stereocenters. The molecule has 4 heteroatoms. The number of aryl methyl sites for hydroxylation is 1. The lowest BCUT2D eigenvalue weighted by atomic mass is 9.96. The number of nitrogens with zero attached hydrogens (tertiary/aromatic N) is 2. The van der Waals surface area contributed by atoms with Gasteiger partial charge in [-0.15, -0.1) is 11.8 Å². The number of carbonyl (C=O) groups excluding carboxylic acids is 1. The fourth-order valence-corrected chi connectivity index (χ4v) is 5.49. The van der Waals surface area contributed by atoms with Gasteiger partial charge in [-0.2, -0.15) is 0 Å². The van der Waals surface area contributed by atoms with Crippen molar-refractivity contribution in [1.82, 2.24) is 4.90 Å². The summed E-state index contributed by atoms with van der Waals surface area (Å²) in [6.45, 7) is 8.40. The van der Waals surface area contributed by atoms with Crippen LogP contribution < -0.4 is 4.90 Å². The van der Waals surface area contributed by atoms with E-state index in [0.29, 0.717) is 12.1 Å². The first kappa shape index (κ1) is 19.4. The van der Waals surface area contributed by atoms with Crippen LogP contribution in [0, 0.1) is 6.92 Å². The number of rotatable bonds is 3. The van der Waals surface area contributed by atoms with Gasteiger partial charge in [0.1, 0.15) is 0 Å². The molecule has 2 aliphatic rings. The van der Waals surface area contributed by atoms with Crippen molar-refractivity contribution in [2.75, 3.05) is 17.2 Å². The molecular weight excluding hydrogens is 364 g/mol. The molecule has 148 valence electrons. The maximum atomic E-state index is 13.3. The van der Waals surface area contributed by atoms with Crippen LogP contribution >= 0.6 is 11.8 Å². The Kier molecular flexibility index (Phi) is 5.68. The SMILES string of the molecule is Cc1ccc(CN2CCSc3ccc(C(=O)N4[C@H](C)CCC[C@@H]4C)cc32)cc1. The normalized spacial score (nSPS) is 22.1. The summed E-state index contributed by atoms with van der Waals surface area (Å²) in [4.78, 5) is 19.1. The number of anilines is 1. The maximum absolute atomic E-state index is 13.3. The van der Waals surface area contributed by atoms with E-state index in [-0.39, 0.29) is 5.91 Å². The summed E-state index contributed by atoms with van der Waals surface area (Å²) in [6.07, 6.45) is 3.43.